The van der Waals surface area contributed by atoms with Gasteiger partial charge in [0.2, 0.25) is 0 Å². The van der Waals surface area contributed by atoms with Crippen molar-refractivity contribution >= 4 is 23.3 Å². The highest BCUT2D eigenvalue weighted by Crippen LogP contribution is 2.24. The number of aromatic hydroxyl groups is 2. The molecular formula is C11H8ClN3O3. The van der Waals surface area contributed by atoms with Gasteiger partial charge in [0, 0.05) is 18.5 Å². The molecule has 0 atom stereocenters. The second-order valence-electron chi connectivity index (χ2n) is 3.35. The molecule has 0 fully saturated rings. The smallest absolute Gasteiger partial charge is 0.260 e. The predicted octanol–water partition coefficient (Wildman–Crippen LogP) is 1.79. The Morgan fingerprint density at radius 1 is 1.22 bits per heavy atom. The van der Waals surface area contributed by atoms with E-state index in [1.165, 1.54) is 24.5 Å². The molecule has 18 heavy (non-hydrogen) atoms. The van der Waals surface area contributed by atoms with Crippen molar-refractivity contribution in [2.24, 2.45) is 0 Å². The molecule has 0 saturated carbocycles. The topological polar surface area (TPSA) is 95.3 Å². The number of nitrogens with zero attached hydrogens (tertiary/aromatic N) is 2. The number of amides is 1. The Labute approximate surface area is 107 Å². The van der Waals surface area contributed by atoms with Gasteiger partial charge in [-0.1, -0.05) is 11.6 Å². The maximum absolute atomic E-state index is 11.8. The van der Waals surface area contributed by atoms with Crippen LogP contribution in [0.25, 0.3) is 0 Å². The first-order valence-corrected chi connectivity index (χ1v) is 5.25. The summed E-state index contributed by atoms with van der Waals surface area (Å²) in [4.78, 5) is 19.4. The van der Waals surface area contributed by atoms with Crippen LogP contribution in [0.1, 0.15) is 10.4 Å². The molecule has 0 radical (unpaired) electrons. The van der Waals surface area contributed by atoms with E-state index < -0.39 is 5.91 Å². The van der Waals surface area contributed by atoms with E-state index in [4.69, 9.17) is 16.7 Å². The molecule has 1 heterocycles. The van der Waals surface area contributed by atoms with Crippen molar-refractivity contribution < 1.29 is 15.0 Å². The molecule has 0 aliphatic heterocycles. The number of hydrogen-bond donors (Lipinski definition) is 3. The summed E-state index contributed by atoms with van der Waals surface area (Å²) in [7, 11) is 0. The third-order valence-corrected chi connectivity index (χ3v) is 2.39. The van der Waals surface area contributed by atoms with Crippen LogP contribution >= 0.6 is 11.6 Å². The molecule has 2 rings (SSSR count). The Morgan fingerprint density at radius 2 is 1.94 bits per heavy atom. The van der Waals surface area contributed by atoms with Crippen molar-refractivity contribution in [1.82, 2.24) is 9.97 Å². The van der Waals surface area contributed by atoms with E-state index in [0.29, 0.717) is 0 Å². The van der Waals surface area contributed by atoms with Crippen LogP contribution in [0.5, 0.6) is 11.5 Å². The summed E-state index contributed by atoms with van der Waals surface area (Å²) in [5, 5.41) is 21.1. The second kappa shape index (κ2) is 4.89. The number of carbonyl (C=O) groups excluding carboxylic acids is 1. The number of phenols is 2. The van der Waals surface area contributed by atoms with Crippen LogP contribution < -0.4 is 5.32 Å². The Morgan fingerprint density at radius 3 is 2.61 bits per heavy atom. The zero-order valence-electron chi connectivity index (χ0n) is 8.96. The largest absolute Gasteiger partial charge is 0.508 e. The zero-order chi connectivity index (χ0) is 13.1. The molecule has 3 N–H and O–H groups in total. The Balaban J connectivity index is 2.25. The van der Waals surface area contributed by atoms with Crippen molar-refractivity contribution in [2.75, 3.05) is 5.32 Å². The van der Waals surface area contributed by atoms with Crippen LogP contribution in [0.4, 0.5) is 5.82 Å². The second-order valence-corrected chi connectivity index (χ2v) is 3.71. The molecule has 7 heteroatoms. The molecular weight excluding hydrogens is 258 g/mol. The summed E-state index contributed by atoms with van der Waals surface area (Å²) in [5.74, 6) is -0.986. The van der Waals surface area contributed by atoms with Gasteiger partial charge in [-0.2, -0.15) is 0 Å². The van der Waals surface area contributed by atoms with E-state index >= 15 is 0 Å². The van der Waals surface area contributed by atoms with Gasteiger partial charge in [-0.05, 0) is 12.1 Å². The lowest BCUT2D eigenvalue weighted by Gasteiger charge is -2.06. The average molecular weight is 266 g/mol. The Hall–Kier alpha value is -2.34. The van der Waals surface area contributed by atoms with E-state index in [9.17, 15) is 9.90 Å². The number of anilines is 1. The predicted molar refractivity (Wildman–Crippen MR) is 64.8 cm³/mol. The van der Waals surface area contributed by atoms with Crippen LogP contribution in [-0.4, -0.2) is 26.1 Å². The minimum atomic E-state index is -0.602. The third kappa shape index (κ3) is 2.49. The van der Waals surface area contributed by atoms with Crippen LogP contribution in [0.3, 0.4) is 0 Å². The minimum absolute atomic E-state index is 0.00507. The molecule has 1 aromatic heterocycles. The van der Waals surface area contributed by atoms with Crippen molar-refractivity contribution in [3.63, 3.8) is 0 Å². The van der Waals surface area contributed by atoms with E-state index in [-0.39, 0.29) is 28.0 Å². The molecule has 2 aromatic rings. The zero-order valence-corrected chi connectivity index (χ0v) is 9.72. The van der Waals surface area contributed by atoms with Gasteiger partial charge in [-0.15, -0.1) is 0 Å². The van der Waals surface area contributed by atoms with Crippen molar-refractivity contribution in [2.45, 2.75) is 0 Å². The SMILES string of the molecule is O=C(Nc1nccnc1Cl)c1ccc(O)cc1O. The van der Waals surface area contributed by atoms with Gasteiger partial charge in [-0.25, -0.2) is 9.97 Å². The number of phenolic OH excluding ortho intramolecular Hbond substituents is 2. The van der Waals surface area contributed by atoms with E-state index in [1.807, 2.05) is 0 Å². The molecule has 1 amide bonds. The Kier molecular flexibility index (Phi) is 3.29. The van der Waals surface area contributed by atoms with Gasteiger partial charge in [0.05, 0.1) is 5.56 Å². The number of halogens is 1. The summed E-state index contributed by atoms with van der Waals surface area (Å²) in [5.41, 5.74) is -0.00507. The first-order valence-electron chi connectivity index (χ1n) is 4.88. The minimum Gasteiger partial charge on any atom is -0.508 e. The summed E-state index contributed by atoms with van der Waals surface area (Å²) in [6.45, 7) is 0. The number of carbonyl (C=O) groups is 1. The van der Waals surface area contributed by atoms with Crippen LogP contribution in [0.2, 0.25) is 5.15 Å². The number of rotatable bonds is 2. The van der Waals surface area contributed by atoms with E-state index in [0.717, 1.165) is 6.07 Å². The molecule has 0 spiro atoms. The van der Waals surface area contributed by atoms with Gasteiger partial charge < -0.3 is 15.5 Å². The lowest BCUT2D eigenvalue weighted by Crippen LogP contribution is -2.13. The van der Waals surface area contributed by atoms with E-state index in [1.54, 1.807) is 0 Å². The van der Waals surface area contributed by atoms with Gasteiger partial charge in [0.25, 0.3) is 5.91 Å². The molecule has 0 aliphatic rings. The standard InChI is InChI=1S/C11H8ClN3O3/c12-9-10(14-4-3-13-9)15-11(18)7-2-1-6(16)5-8(7)17/h1-5,16-17H,(H,14,15,18). The number of hydrogen-bond acceptors (Lipinski definition) is 5. The summed E-state index contributed by atoms with van der Waals surface area (Å²) < 4.78 is 0. The monoisotopic (exact) mass is 265 g/mol. The fourth-order valence-corrected chi connectivity index (χ4v) is 1.44. The normalized spacial score (nSPS) is 10.1. The lowest BCUT2D eigenvalue weighted by molar-refractivity contribution is 0.102. The maximum Gasteiger partial charge on any atom is 0.260 e. The van der Waals surface area contributed by atoms with Crippen molar-refractivity contribution in [3.8, 4) is 11.5 Å². The molecule has 6 nitrogen and oxygen atoms in total. The van der Waals surface area contributed by atoms with Crippen LogP contribution in [0.15, 0.2) is 30.6 Å². The van der Waals surface area contributed by atoms with Gasteiger partial charge in [0.15, 0.2) is 11.0 Å². The molecule has 92 valence electrons. The average Bonchev–Trinajstić information content (AvgIpc) is 2.32. The molecule has 0 saturated heterocycles. The fraction of sp³-hybridized carbons (Fsp3) is 0. The maximum atomic E-state index is 11.8. The highest BCUT2D eigenvalue weighted by atomic mass is 35.5. The third-order valence-electron chi connectivity index (χ3n) is 2.11. The highest BCUT2D eigenvalue weighted by Gasteiger charge is 2.14. The highest BCUT2D eigenvalue weighted by molar-refractivity contribution is 6.32. The van der Waals surface area contributed by atoms with Crippen molar-refractivity contribution in [3.05, 3.63) is 41.3 Å². The number of benzene rings is 1. The first kappa shape index (κ1) is 12.1. The molecule has 0 unspecified atom stereocenters. The molecule has 1 aromatic carbocycles. The van der Waals surface area contributed by atoms with Gasteiger partial charge >= 0.3 is 0 Å². The van der Waals surface area contributed by atoms with Crippen LogP contribution in [0, 0.1) is 0 Å². The Bertz CT molecular complexity index is 604. The molecule has 0 aliphatic carbocycles. The van der Waals surface area contributed by atoms with Gasteiger partial charge in [0.1, 0.15) is 11.5 Å². The van der Waals surface area contributed by atoms with Crippen molar-refractivity contribution in [1.29, 1.82) is 0 Å². The lowest BCUT2D eigenvalue weighted by atomic mass is 10.2. The van der Waals surface area contributed by atoms with Gasteiger partial charge in [-0.3, -0.25) is 4.79 Å². The summed E-state index contributed by atoms with van der Waals surface area (Å²) in [6.07, 6.45) is 2.76. The first-order chi connectivity index (χ1) is 8.58. The summed E-state index contributed by atoms with van der Waals surface area (Å²) >= 11 is 5.73. The fourth-order valence-electron chi connectivity index (χ4n) is 1.29. The quantitative estimate of drug-likeness (QED) is 0.769. The van der Waals surface area contributed by atoms with E-state index in [2.05, 4.69) is 15.3 Å². The summed E-state index contributed by atoms with van der Waals surface area (Å²) in [6, 6.07) is 3.63. The number of aromatic nitrogens is 2. The molecule has 0 bridgehead atoms. The number of nitrogens with one attached hydrogen (secondary N) is 1. The van der Waals surface area contributed by atoms with Crippen LogP contribution in [-0.2, 0) is 0 Å².